The Morgan fingerprint density at radius 1 is 1.21 bits per heavy atom. The molecule has 1 unspecified atom stereocenters. The van der Waals surface area contributed by atoms with Crippen molar-refractivity contribution in [1.82, 2.24) is 10.3 Å². The van der Waals surface area contributed by atoms with E-state index >= 15 is 0 Å². The summed E-state index contributed by atoms with van der Waals surface area (Å²) >= 11 is 6.24. The molecule has 0 saturated carbocycles. The van der Waals surface area contributed by atoms with Crippen LogP contribution in [0.25, 0.3) is 10.9 Å². The van der Waals surface area contributed by atoms with Crippen LogP contribution in [-0.2, 0) is 16.8 Å². The van der Waals surface area contributed by atoms with Gasteiger partial charge in [0.05, 0.1) is 5.69 Å². The van der Waals surface area contributed by atoms with E-state index in [1.807, 2.05) is 24.3 Å². The molecule has 0 bridgehead atoms. The number of carbonyl (C=O) groups is 1. The zero-order valence-corrected chi connectivity index (χ0v) is 13.9. The van der Waals surface area contributed by atoms with E-state index in [-0.39, 0.29) is 11.9 Å². The highest BCUT2D eigenvalue weighted by molar-refractivity contribution is 6.31. The highest BCUT2D eigenvalue weighted by Gasteiger charge is 2.53. The minimum Gasteiger partial charge on any atom is -0.356 e. The van der Waals surface area contributed by atoms with Gasteiger partial charge in [-0.05, 0) is 43.2 Å². The van der Waals surface area contributed by atoms with Gasteiger partial charge in [-0.3, -0.25) is 10.1 Å². The predicted octanol–water partition coefficient (Wildman–Crippen LogP) is 3.55. The summed E-state index contributed by atoms with van der Waals surface area (Å²) in [4.78, 5) is 16.6. The Labute approximate surface area is 144 Å². The fourth-order valence-electron chi connectivity index (χ4n) is 4.20. The number of benzene rings is 2. The van der Waals surface area contributed by atoms with E-state index in [0.717, 1.165) is 28.9 Å². The Hall–Kier alpha value is -2.30. The Bertz CT molecular complexity index is 1010. The van der Waals surface area contributed by atoms with E-state index in [9.17, 15) is 4.79 Å². The molecule has 2 aromatic carbocycles. The summed E-state index contributed by atoms with van der Waals surface area (Å²) in [6.45, 7) is 2.11. The molecule has 2 aliphatic rings. The van der Waals surface area contributed by atoms with Crippen LogP contribution < -0.4 is 10.6 Å². The van der Waals surface area contributed by atoms with Crippen molar-refractivity contribution in [3.05, 3.63) is 64.3 Å². The molecule has 1 aromatic heterocycles. The first-order valence-corrected chi connectivity index (χ1v) is 8.46. The van der Waals surface area contributed by atoms with Gasteiger partial charge in [-0.25, -0.2) is 0 Å². The summed E-state index contributed by atoms with van der Waals surface area (Å²) in [5, 5.41) is 8.36. The van der Waals surface area contributed by atoms with Crippen LogP contribution in [0, 0.1) is 0 Å². The molecule has 4 nitrogen and oxygen atoms in total. The number of aromatic nitrogens is 1. The van der Waals surface area contributed by atoms with Crippen molar-refractivity contribution in [2.24, 2.45) is 0 Å². The van der Waals surface area contributed by atoms with Gasteiger partial charge in [-0.1, -0.05) is 29.8 Å². The number of hydrogen-bond acceptors (Lipinski definition) is 2. The number of amides is 1. The molecule has 0 saturated heterocycles. The summed E-state index contributed by atoms with van der Waals surface area (Å²) in [7, 11) is 0. The van der Waals surface area contributed by atoms with Crippen LogP contribution in [0.4, 0.5) is 5.69 Å². The number of halogens is 1. The monoisotopic (exact) mass is 337 g/mol. The van der Waals surface area contributed by atoms with E-state index in [1.165, 1.54) is 10.9 Å². The maximum atomic E-state index is 13.1. The van der Waals surface area contributed by atoms with Gasteiger partial charge in [0.2, 0.25) is 0 Å². The highest BCUT2D eigenvalue weighted by Crippen LogP contribution is 2.46. The average Bonchev–Trinajstić information content (AvgIpc) is 3.06. The number of fused-ring (bicyclic) bond motifs is 6. The standard InChI is InChI=1S/C19H16ClN3O/c1-10-8-13-12-4-2-3-5-15(12)21-17(13)19(23-10)14-9-11(20)6-7-16(14)22-18(19)24/h2-7,9-10,21,23H,8H2,1H3,(H,22,24)/t10?,19-/m1/s1. The number of hydrogen-bond donors (Lipinski definition) is 3. The van der Waals surface area contributed by atoms with Gasteiger partial charge < -0.3 is 10.3 Å². The number of rotatable bonds is 0. The molecule has 5 heteroatoms. The van der Waals surface area contributed by atoms with Crippen LogP contribution in [0.1, 0.15) is 23.7 Å². The molecule has 24 heavy (non-hydrogen) atoms. The van der Waals surface area contributed by atoms with Crippen molar-refractivity contribution < 1.29 is 4.79 Å². The van der Waals surface area contributed by atoms with Gasteiger partial charge in [0.15, 0.2) is 5.54 Å². The summed E-state index contributed by atoms with van der Waals surface area (Å²) in [6, 6.07) is 13.9. The second-order valence-electron chi connectivity index (χ2n) is 6.67. The number of carbonyl (C=O) groups excluding carboxylic acids is 1. The molecule has 3 N–H and O–H groups in total. The van der Waals surface area contributed by atoms with Gasteiger partial charge in [0.1, 0.15) is 0 Å². The third-order valence-corrected chi connectivity index (χ3v) is 5.37. The summed E-state index contributed by atoms with van der Waals surface area (Å²) in [6.07, 6.45) is 0.879. The molecule has 5 rings (SSSR count). The van der Waals surface area contributed by atoms with Crippen LogP contribution >= 0.6 is 11.6 Å². The van der Waals surface area contributed by atoms with E-state index < -0.39 is 5.54 Å². The maximum Gasteiger partial charge on any atom is 0.255 e. The number of para-hydroxylation sites is 1. The lowest BCUT2D eigenvalue weighted by atomic mass is 9.80. The topological polar surface area (TPSA) is 56.9 Å². The Morgan fingerprint density at radius 3 is 2.92 bits per heavy atom. The molecule has 1 spiro atoms. The van der Waals surface area contributed by atoms with E-state index in [2.05, 4.69) is 34.7 Å². The molecular weight excluding hydrogens is 322 g/mol. The summed E-state index contributed by atoms with van der Waals surface area (Å²) in [5.74, 6) is -0.0564. The third-order valence-electron chi connectivity index (χ3n) is 5.14. The zero-order valence-electron chi connectivity index (χ0n) is 13.1. The molecule has 0 radical (unpaired) electrons. The highest BCUT2D eigenvalue weighted by atomic mass is 35.5. The van der Waals surface area contributed by atoms with Crippen LogP contribution in [0.2, 0.25) is 5.02 Å². The predicted molar refractivity (Wildman–Crippen MR) is 95.5 cm³/mol. The lowest BCUT2D eigenvalue weighted by molar-refractivity contribution is -0.121. The second-order valence-corrected chi connectivity index (χ2v) is 7.10. The van der Waals surface area contributed by atoms with Crippen LogP contribution in [0.5, 0.6) is 0 Å². The second kappa shape index (κ2) is 4.62. The van der Waals surface area contributed by atoms with Crippen molar-refractivity contribution in [2.75, 3.05) is 5.32 Å². The van der Waals surface area contributed by atoms with E-state index in [4.69, 9.17) is 11.6 Å². The third kappa shape index (κ3) is 1.65. The molecular formula is C19H16ClN3O. The van der Waals surface area contributed by atoms with E-state index in [0.29, 0.717) is 5.02 Å². The minimum atomic E-state index is -0.910. The molecule has 120 valence electrons. The molecule has 0 fully saturated rings. The number of H-pyrrole nitrogens is 1. The Kier molecular flexibility index (Phi) is 2.71. The quantitative estimate of drug-likeness (QED) is 0.587. The summed E-state index contributed by atoms with van der Waals surface area (Å²) in [5.41, 5.74) is 3.99. The normalized spacial score (nSPS) is 24.9. The average molecular weight is 338 g/mol. The maximum absolute atomic E-state index is 13.1. The molecule has 0 aliphatic carbocycles. The van der Waals surface area contributed by atoms with Crippen LogP contribution in [0.15, 0.2) is 42.5 Å². The van der Waals surface area contributed by atoms with Crippen molar-refractivity contribution in [3.63, 3.8) is 0 Å². The SMILES string of the molecule is CC1Cc2c([nH]c3ccccc23)[C@@]2(N1)C(=O)Nc1ccc(Cl)cc12. The van der Waals surface area contributed by atoms with Gasteiger partial charge in [0.25, 0.3) is 5.91 Å². The van der Waals surface area contributed by atoms with Gasteiger partial charge >= 0.3 is 0 Å². The van der Waals surface area contributed by atoms with Crippen molar-refractivity contribution in [2.45, 2.75) is 24.9 Å². The summed E-state index contributed by atoms with van der Waals surface area (Å²) < 4.78 is 0. The lowest BCUT2D eigenvalue weighted by Crippen LogP contribution is -2.56. The van der Waals surface area contributed by atoms with Crippen molar-refractivity contribution >= 4 is 34.1 Å². The first-order valence-electron chi connectivity index (χ1n) is 8.09. The molecule has 3 heterocycles. The fourth-order valence-corrected chi connectivity index (χ4v) is 4.37. The molecule has 3 aromatic rings. The Balaban J connectivity index is 1.88. The number of anilines is 1. The van der Waals surface area contributed by atoms with Crippen molar-refractivity contribution in [3.8, 4) is 0 Å². The Morgan fingerprint density at radius 2 is 2.04 bits per heavy atom. The van der Waals surface area contributed by atoms with Crippen molar-refractivity contribution in [1.29, 1.82) is 0 Å². The fraction of sp³-hybridized carbons (Fsp3) is 0.211. The molecule has 2 atom stereocenters. The lowest BCUT2D eigenvalue weighted by Gasteiger charge is -2.37. The first-order chi connectivity index (χ1) is 11.6. The van der Waals surface area contributed by atoms with Gasteiger partial charge in [0, 0.05) is 33.2 Å². The van der Waals surface area contributed by atoms with Crippen LogP contribution in [0.3, 0.4) is 0 Å². The smallest absolute Gasteiger partial charge is 0.255 e. The molecule has 1 amide bonds. The van der Waals surface area contributed by atoms with Crippen LogP contribution in [-0.4, -0.2) is 16.9 Å². The zero-order chi connectivity index (χ0) is 16.5. The molecule has 2 aliphatic heterocycles. The van der Waals surface area contributed by atoms with Gasteiger partial charge in [-0.2, -0.15) is 0 Å². The first kappa shape index (κ1) is 14.1. The number of aromatic amines is 1. The minimum absolute atomic E-state index is 0.0564. The number of nitrogens with one attached hydrogen (secondary N) is 3. The van der Waals surface area contributed by atoms with E-state index in [1.54, 1.807) is 6.07 Å². The van der Waals surface area contributed by atoms with Gasteiger partial charge in [-0.15, -0.1) is 0 Å². The largest absolute Gasteiger partial charge is 0.356 e.